The molecule has 1 atom stereocenters. The van der Waals surface area contributed by atoms with E-state index in [0.717, 1.165) is 20.8 Å². The second-order valence-corrected chi connectivity index (χ2v) is 6.47. The Kier molecular flexibility index (Phi) is 4.11. The summed E-state index contributed by atoms with van der Waals surface area (Å²) in [5.74, 6) is -0.341. The van der Waals surface area contributed by atoms with Gasteiger partial charge in [0.2, 0.25) is 0 Å². The van der Waals surface area contributed by atoms with Crippen LogP contribution in [0.15, 0.2) is 63.5 Å². The summed E-state index contributed by atoms with van der Waals surface area (Å²) in [6, 6.07) is 16.2. The molecule has 0 aliphatic heterocycles. The fourth-order valence-corrected chi connectivity index (χ4v) is 3.26. The van der Waals surface area contributed by atoms with Crippen molar-refractivity contribution in [3.8, 4) is 0 Å². The maximum absolute atomic E-state index is 13.3. The van der Waals surface area contributed by atoms with Gasteiger partial charge < -0.3 is 5.11 Å². The topological polar surface area (TPSA) is 20.2 Å². The lowest BCUT2D eigenvalue weighted by atomic mass is 9.96. The highest BCUT2D eigenvalue weighted by Crippen LogP contribution is 2.33. The van der Waals surface area contributed by atoms with Crippen LogP contribution in [0.2, 0.25) is 0 Å². The fraction of sp³-hybridized carbons (Fsp3) is 0.0588. The monoisotopic (exact) mass is 408 g/mol. The minimum atomic E-state index is -0.806. The Morgan fingerprint density at radius 2 is 1.57 bits per heavy atom. The molecule has 0 aliphatic rings. The van der Waals surface area contributed by atoms with Gasteiger partial charge in [0, 0.05) is 4.47 Å². The SMILES string of the molecule is OC(c1ccc(F)c(Br)c1)c1ccc(Br)c2ccccc12. The van der Waals surface area contributed by atoms with Crippen LogP contribution in [-0.4, -0.2) is 5.11 Å². The first kappa shape index (κ1) is 14.7. The highest BCUT2D eigenvalue weighted by atomic mass is 79.9. The predicted molar refractivity (Wildman–Crippen MR) is 89.8 cm³/mol. The zero-order chi connectivity index (χ0) is 15.0. The number of hydrogen-bond donors (Lipinski definition) is 1. The van der Waals surface area contributed by atoms with Gasteiger partial charge in [-0.1, -0.05) is 52.3 Å². The quantitative estimate of drug-likeness (QED) is 0.585. The molecule has 0 saturated heterocycles. The Morgan fingerprint density at radius 3 is 2.29 bits per heavy atom. The van der Waals surface area contributed by atoms with Crippen molar-refractivity contribution in [3.05, 3.63) is 80.5 Å². The highest BCUT2D eigenvalue weighted by molar-refractivity contribution is 9.11. The van der Waals surface area contributed by atoms with Crippen LogP contribution in [0.25, 0.3) is 10.8 Å². The lowest BCUT2D eigenvalue weighted by Crippen LogP contribution is -2.01. The number of aliphatic hydroxyl groups is 1. The van der Waals surface area contributed by atoms with Crippen LogP contribution in [-0.2, 0) is 0 Å². The number of rotatable bonds is 2. The van der Waals surface area contributed by atoms with Gasteiger partial charge in [0.15, 0.2) is 0 Å². The maximum atomic E-state index is 13.3. The Labute approximate surface area is 138 Å². The van der Waals surface area contributed by atoms with Gasteiger partial charge in [0.1, 0.15) is 11.9 Å². The van der Waals surface area contributed by atoms with Crippen molar-refractivity contribution in [1.82, 2.24) is 0 Å². The molecular weight excluding hydrogens is 399 g/mol. The number of fused-ring (bicyclic) bond motifs is 1. The molecule has 0 fully saturated rings. The van der Waals surface area contributed by atoms with Crippen molar-refractivity contribution in [2.24, 2.45) is 0 Å². The lowest BCUT2D eigenvalue weighted by molar-refractivity contribution is 0.221. The Morgan fingerprint density at radius 1 is 0.857 bits per heavy atom. The number of halogens is 3. The first-order valence-corrected chi connectivity index (χ1v) is 7.96. The molecule has 0 amide bonds. The molecule has 4 heteroatoms. The Bertz CT molecular complexity index is 817. The normalized spacial score (nSPS) is 12.6. The second-order valence-electron chi connectivity index (χ2n) is 4.76. The lowest BCUT2D eigenvalue weighted by Gasteiger charge is -2.15. The van der Waals surface area contributed by atoms with Crippen molar-refractivity contribution in [2.75, 3.05) is 0 Å². The molecule has 3 aromatic carbocycles. The molecule has 0 bridgehead atoms. The maximum Gasteiger partial charge on any atom is 0.137 e. The second kappa shape index (κ2) is 5.87. The van der Waals surface area contributed by atoms with Crippen LogP contribution >= 0.6 is 31.9 Å². The molecule has 0 spiro atoms. The van der Waals surface area contributed by atoms with E-state index in [9.17, 15) is 9.50 Å². The van der Waals surface area contributed by atoms with E-state index in [1.807, 2.05) is 36.4 Å². The average Bonchev–Trinajstić information content (AvgIpc) is 2.50. The van der Waals surface area contributed by atoms with E-state index >= 15 is 0 Å². The molecule has 0 saturated carbocycles. The summed E-state index contributed by atoms with van der Waals surface area (Å²) in [6.07, 6.45) is -0.806. The van der Waals surface area contributed by atoms with Gasteiger partial charge in [-0.15, -0.1) is 0 Å². The molecule has 1 N–H and O–H groups in total. The summed E-state index contributed by atoms with van der Waals surface area (Å²) in [5, 5.41) is 12.6. The highest BCUT2D eigenvalue weighted by Gasteiger charge is 2.15. The molecule has 1 nitrogen and oxygen atoms in total. The largest absolute Gasteiger partial charge is 0.384 e. The van der Waals surface area contributed by atoms with Crippen molar-refractivity contribution in [2.45, 2.75) is 6.10 Å². The van der Waals surface area contributed by atoms with Crippen LogP contribution in [0.4, 0.5) is 4.39 Å². The van der Waals surface area contributed by atoms with Gasteiger partial charge in [-0.05, 0) is 56.0 Å². The molecule has 0 radical (unpaired) electrons. The number of aliphatic hydroxyl groups excluding tert-OH is 1. The standard InChI is InChI=1S/C17H11Br2FO/c18-14-7-6-13(11-3-1-2-4-12(11)14)17(21)10-5-8-16(20)15(19)9-10/h1-9,17,21H. The van der Waals surface area contributed by atoms with Crippen LogP contribution in [0, 0.1) is 5.82 Å². The van der Waals surface area contributed by atoms with Gasteiger partial charge in [0.05, 0.1) is 4.47 Å². The van der Waals surface area contributed by atoms with Crippen LogP contribution in [0.5, 0.6) is 0 Å². The number of hydrogen-bond acceptors (Lipinski definition) is 1. The molecule has 21 heavy (non-hydrogen) atoms. The first-order chi connectivity index (χ1) is 10.1. The van der Waals surface area contributed by atoms with Crippen LogP contribution in [0.1, 0.15) is 17.2 Å². The van der Waals surface area contributed by atoms with Crippen LogP contribution < -0.4 is 0 Å². The Hall–Kier alpha value is -1.23. The molecule has 106 valence electrons. The van der Waals surface area contributed by atoms with E-state index in [1.165, 1.54) is 6.07 Å². The zero-order valence-electron chi connectivity index (χ0n) is 10.9. The van der Waals surface area contributed by atoms with Crippen LogP contribution in [0.3, 0.4) is 0 Å². The van der Waals surface area contributed by atoms with Crippen molar-refractivity contribution >= 4 is 42.6 Å². The first-order valence-electron chi connectivity index (χ1n) is 6.38. The van der Waals surface area contributed by atoms with Crippen molar-refractivity contribution < 1.29 is 9.50 Å². The molecule has 3 rings (SSSR count). The molecule has 0 aromatic heterocycles. The van der Waals surface area contributed by atoms with Gasteiger partial charge in [-0.3, -0.25) is 0 Å². The van der Waals surface area contributed by atoms with Gasteiger partial charge in [-0.2, -0.15) is 0 Å². The van der Waals surface area contributed by atoms with Gasteiger partial charge in [0.25, 0.3) is 0 Å². The summed E-state index contributed by atoms with van der Waals surface area (Å²) in [4.78, 5) is 0. The van der Waals surface area contributed by atoms with Gasteiger partial charge >= 0.3 is 0 Å². The summed E-state index contributed by atoms with van der Waals surface area (Å²) in [5.41, 5.74) is 1.45. The summed E-state index contributed by atoms with van der Waals surface area (Å²) < 4.78 is 14.7. The molecule has 3 aromatic rings. The molecule has 1 unspecified atom stereocenters. The molecule has 0 heterocycles. The Balaban J connectivity index is 2.15. The van der Waals surface area contributed by atoms with Gasteiger partial charge in [-0.25, -0.2) is 4.39 Å². The van der Waals surface area contributed by atoms with E-state index < -0.39 is 6.10 Å². The smallest absolute Gasteiger partial charge is 0.137 e. The van der Waals surface area contributed by atoms with E-state index in [4.69, 9.17) is 0 Å². The molecule has 0 aliphatic carbocycles. The van der Waals surface area contributed by atoms with E-state index in [-0.39, 0.29) is 5.82 Å². The molecular formula is C17H11Br2FO. The minimum Gasteiger partial charge on any atom is -0.384 e. The van der Waals surface area contributed by atoms with E-state index in [1.54, 1.807) is 12.1 Å². The zero-order valence-corrected chi connectivity index (χ0v) is 14.0. The van der Waals surface area contributed by atoms with Crippen molar-refractivity contribution in [3.63, 3.8) is 0 Å². The van der Waals surface area contributed by atoms with E-state index in [2.05, 4.69) is 31.9 Å². The summed E-state index contributed by atoms with van der Waals surface area (Å²) in [6.45, 7) is 0. The third-order valence-electron chi connectivity index (χ3n) is 3.46. The van der Waals surface area contributed by atoms with Crippen molar-refractivity contribution in [1.29, 1.82) is 0 Å². The third-order valence-corrected chi connectivity index (χ3v) is 4.76. The third kappa shape index (κ3) is 2.76. The predicted octanol–water partition coefficient (Wildman–Crippen LogP) is 5.59. The van der Waals surface area contributed by atoms with E-state index in [0.29, 0.717) is 10.0 Å². The average molecular weight is 410 g/mol. The fourth-order valence-electron chi connectivity index (χ4n) is 2.39. The number of benzene rings is 3. The minimum absolute atomic E-state index is 0.341. The summed E-state index contributed by atoms with van der Waals surface area (Å²) in [7, 11) is 0. The summed E-state index contributed by atoms with van der Waals surface area (Å²) >= 11 is 6.67.